The number of methoxy groups -OCH3 is 1. The lowest BCUT2D eigenvalue weighted by Gasteiger charge is -2.09. The minimum atomic E-state index is -0.751. The predicted octanol–water partition coefficient (Wildman–Crippen LogP) is 4.43. The van der Waals surface area contributed by atoms with Crippen LogP contribution in [0.2, 0.25) is 0 Å². The van der Waals surface area contributed by atoms with Gasteiger partial charge in [0.1, 0.15) is 0 Å². The van der Waals surface area contributed by atoms with E-state index >= 15 is 0 Å². The SMILES string of the molecule is COCCCn1c(C)cc(C(=O)COC(=O)c2nc(-c3ccccc3)n(-c3ccccc3)n2)c1C. The first-order valence-corrected chi connectivity index (χ1v) is 11.4. The number of hydrogen-bond donors (Lipinski definition) is 0. The molecule has 2 heterocycles. The van der Waals surface area contributed by atoms with Crippen LogP contribution in [0.15, 0.2) is 66.7 Å². The molecule has 4 rings (SSSR count). The van der Waals surface area contributed by atoms with E-state index < -0.39 is 5.97 Å². The van der Waals surface area contributed by atoms with Crippen molar-refractivity contribution in [2.45, 2.75) is 26.8 Å². The molecule has 0 spiro atoms. The Morgan fingerprint density at radius 3 is 2.34 bits per heavy atom. The Balaban J connectivity index is 1.51. The van der Waals surface area contributed by atoms with Crippen molar-refractivity contribution in [2.24, 2.45) is 0 Å². The smallest absolute Gasteiger partial charge is 0.378 e. The van der Waals surface area contributed by atoms with Gasteiger partial charge in [0, 0.05) is 42.8 Å². The first-order chi connectivity index (χ1) is 17.0. The van der Waals surface area contributed by atoms with E-state index in [0.717, 1.165) is 35.6 Å². The molecule has 0 atom stereocenters. The Bertz CT molecular complexity index is 1250. The van der Waals surface area contributed by atoms with Gasteiger partial charge >= 0.3 is 5.97 Å². The Labute approximate surface area is 204 Å². The van der Waals surface area contributed by atoms with Crippen molar-refractivity contribution in [1.29, 1.82) is 0 Å². The van der Waals surface area contributed by atoms with Crippen LogP contribution in [0.5, 0.6) is 0 Å². The largest absolute Gasteiger partial charge is 0.451 e. The Hall–Kier alpha value is -4.04. The summed E-state index contributed by atoms with van der Waals surface area (Å²) in [5.74, 6) is -0.616. The fourth-order valence-corrected chi connectivity index (χ4v) is 3.99. The predicted molar refractivity (Wildman–Crippen MR) is 132 cm³/mol. The summed E-state index contributed by atoms with van der Waals surface area (Å²) in [5.41, 5.74) is 3.93. The molecule has 0 aliphatic carbocycles. The van der Waals surface area contributed by atoms with Gasteiger partial charge in [0.15, 0.2) is 12.4 Å². The number of nitrogens with zero attached hydrogens (tertiary/aromatic N) is 4. The summed E-state index contributed by atoms with van der Waals surface area (Å²) in [6.45, 7) is 4.85. The van der Waals surface area contributed by atoms with Crippen molar-refractivity contribution in [3.8, 4) is 17.1 Å². The van der Waals surface area contributed by atoms with Crippen LogP contribution in [0.1, 0.15) is 38.8 Å². The highest BCUT2D eigenvalue weighted by Gasteiger charge is 2.22. The highest BCUT2D eigenvalue weighted by Crippen LogP contribution is 2.21. The van der Waals surface area contributed by atoms with Crippen molar-refractivity contribution in [2.75, 3.05) is 20.3 Å². The quantitative estimate of drug-likeness (QED) is 0.193. The molecular weight excluding hydrogens is 444 g/mol. The minimum absolute atomic E-state index is 0.106. The van der Waals surface area contributed by atoms with Gasteiger partial charge in [-0.25, -0.2) is 14.5 Å². The number of carbonyl (C=O) groups is 2. The van der Waals surface area contributed by atoms with Gasteiger partial charge in [-0.15, -0.1) is 5.10 Å². The monoisotopic (exact) mass is 472 g/mol. The topological polar surface area (TPSA) is 88.2 Å². The van der Waals surface area contributed by atoms with Crippen molar-refractivity contribution >= 4 is 11.8 Å². The zero-order chi connectivity index (χ0) is 24.8. The van der Waals surface area contributed by atoms with Crippen molar-refractivity contribution in [3.05, 3.63) is 89.5 Å². The molecule has 0 saturated heterocycles. The molecule has 0 unspecified atom stereocenters. The minimum Gasteiger partial charge on any atom is -0.451 e. The molecule has 180 valence electrons. The molecule has 0 aliphatic rings. The Morgan fingerprint density at radius 1 is 0.971 bits per heavy atom. The lowest BCUT2D eigenvalue weighted by Crippen LogP contribution is -2.16. The number of rotatable bonds is 10. The van der Waals surface area contributed by atoms with Gasteiger partial charge in [-0.1, -0.05) is 48.5 Å². The van der Waals surface area contributed by atoms with E-state index in [0.29, 0.717) is 18.0 Å². The van der Waals surface area contributed by atoms with Crippen LogP contribution in [-0.4, -0.2) is 51.4 Å². The summed E-state index contributed by atoms with van der Waals surface area (Å²) in [6, 6.07) is 20.7. The number of hydrogen-bond acceptors (Lipinski definition) is 6. The zero-order valence-corrected chi connectivity index (χ0v) is 20.1. The molecule has 8 nitrogen and oxygen atoms in total. The lowest BCUT2D eigenvalue weighted by atomic mass is 10.1. The van der Waals surface area contributed by atoms with Crippen LogP contribution >= 0.6 is 0 Å². The van der Waals surface area contributed by atoms with E-state index in [1.807, 2.05) is 80.6 Å². The average molecular weight is 473 g/mol. The molecule has 2 aromatic carbocycles. The molecule has 0 fully saturated rings. The normalized spacial score (nSPS) is 10.9. The second-order valence-electron chi connectivity index (χ2n) is 8.15. The molecule has 35 heavy (non-hydrogen) atoms. The van der Waals surface area contributed by atoms with Crippen LogP contribution in [0.4, 0.5) is 0 Å². The van der Waals surface area contributed by atoms with Crippen LogP contribution in [0.25, 0.3) is 17.1 Å². The average Bonchev–Trinajstić information content (AvgIpc) is 3.46. The van der Waals surface area contributed by atoms with Gasteiger partial charge in [-0.2, -0.15) is 0 Å². The van der Waals surface area contributed by atoms with Crippen LogP contribution in [0, 0.1) is 13.8 Å². The number of ether oxygens (including phenoxy) is 2. The van der Waals surface area contributed by atoms with Crippen LogP contribution in [-0.2, 0) is 16.0 Å². The number of ketones is 1. The van der Waals surface area contributed by atoms with Crippen molar-refractivity contribution < 1.29 is 19.1 Å². The van der Waals surface area contributed by atoms with Gasteiger partial charge in [0.2, 0.25) is 5.78 Å². The highest BCUT2D eigenvalue weighted by molar-refractivity contribution is 6.00. The maximum Gasteiger partial charge on any atom is 0.378 e. The first-order valence-electron chi connectivity index (χ1n) is 11.4. The zero-order valence-electron chi connectivity index (χ0n) is 20.1. The van der Waals surface area contributed by atoms with Crippen LogP contribution < -0.4 is 0 Å². The number of carbonyl (C=O) groups excluding carboxylic acids is 2. The van der Waals surface area contributed by atoms with Gasteiger partial charge in [0.25, 0.3) is 5.82 Å². The Kier molecular flexibility index (Phi) is 7.52. The fraction of sp³-hybridized carbons (Fsp3) is 0.259. The van der Waals surface area contributed by atoms with E-state index in [4.69, 9.17) is 9.47 Å². The maximum atomic E-state index is 12.9. The molecule has 0 aliphatic heterocycles. The summed E-state index contributed by atoms with van der Waals surface area (Å²) in [5, 5.41) is 4.39. The van der Waals surface area contributed by atoms with E-state index in [1.54, 1.807) is 11.8 Å². The molecule has 0 amide bonds. The third-order valence-electron chi connectivity index (χ3n) is 5.76. The molecular formula is C27H28N4O4. The Morgan fingerprint density at radius 2 is 1.66 bits per heavy atom. The third-order valence-corrected chi connectivity index (χ3v) is 5.76. The van der Waals surface area contributed by atoms with Gasteiger partial charge in [-0.3, -0.25) is 4.79 Å². The lowest BCUT2D eigenvalue weighted by molar-refractivity contribution is 0.0462. The van der Waals surface area contributed by atoms with E-state index in [1.165, 1.54) is 0 Å². The third kappa shape index (κ3) is 5.38. The van der Waals surface area contributed by atoms with Crippen molar-refractivity contribution in [3.63, 3.8) is 0 Å². The molecule has 2 aromatic heterocycles. The standard InChI is InChI=1S/C27H28N4O4/c1-19-17-23(20(2)30(19)15-10-16-34-3)24(32)18-35-27(33)25-28-26(21-11-6-4-7-12-21)31(29-25)22-13-8-5-9-14-22/h4-9,11-14,17H,10,15-16,18H2,1-3H3. The molecule has 4 aromatic rings. The summed E-state index contributed by atoms with van der Waals surface area (Å²) in [6.07, 6.45) is 0.842. The summed E-state index contributed by atoms with van der Waals surface area (Å²) in [7, 11) is 1.67. The fourth-order valence-electron chi connectivity index (χ4n) is 3.99. The molecule has 0 N–H and O–H groups in total. The van der Waals surface area contributed by atoms with Crippen molar-refractivity contribution in [1.82, 2.24) is 19.3 Å². The molecule has 0 bridgehead atoms. The second-order valence-corrected chi connectivity index (χ2v) is 8.15. The number of benzene rings is 2. The molecule has 0 radical (unpaired) electrons. The number of aryl methyl sites for hydroxylation is 1. The maximum absolute atomic E-state index is 12.9. The van der Waals surface area contributed by atoms with E-state index in [2.05, 4.69) is 14.6 Å². The summed E-state index contributed by atoms with van der Waals surface area (Å²) in [4.78, 5) is 30.1. The second kappa shape index (κ2) is 10.9. The van der Waals surface area contributed by atoms with Crippen LogP contribution in [0.3, 0.4) is 0 Å². The van der Waals surface area contributed by atoms with Gasteiger partial charge < -0.3 is 14.0 Å². The first kappa shape index (κ1) is 24.1. The number of Topliss-reactive ketones (excluding diaryl/α,β-unsaturated/α-hetero) is 1. The summed E-state index contributed by atoms with van der Waals surface area (Å²) >= 11 is 0. The summed E-state index contributed by atoms with van der Waals surface area (Å²) < 4.78 is 14.1. The van der Waals surface area contributed by atoms with E-state index in [-0.39, 0.29) is 18.2 Å². The van der Waals surface area contributed by atoms with E-state index in [9.17, 15) is 9.59 Å². The molecule has 8 heteroatoms. The molecule has 0 saturated carbocycles. The van der Waals surface area contributed by atoms with Gasteiger partial charge in [0.05, 0.1) is 5.69 Å². The number of esters is 1. The number of aromatic nitrogens is 4. The van der Waals surface area contributed by atoms with Gasteiger partial charge in [-0.05, 0) is 38.5 Å². The number of para-hydroxylation sites is 1. The highest BCUT2D eigenvalue weighted by atomic mass is 16.5.